The van der Waals surface area contributed by atoms with Crippen molar-refractivity contribution in [2.75, 3.05) is 4.90 Å². The highest BCUT2D eigenvalue weighted by Gasteiger charge is 2.21. The van der Waals surface area contributed by atoms with E-state index < -0.39 is 0 Å². The smallest absolute Gasteiger partial charge is 0.230 e. The fraction of sp³-hybridized carbons (Fsp3) is 0.167. The van der Waals surface area contributed by atoms with Gasteiger partial charge in [-0.3, -0.25) is 14.5 Å². The standard InChI is InChI=1S/C24H21N3O2S/c1-15-7-5-10-19(11-15)23(29)20(13-25)12-21-14-30-24(26-21)27(18(4)28)22-16(2)8-6-9-17(22)3/h5-12,14H,1-4H3/b20-12+. The topological polar surface area (TPSA) is 74.1 Å². The number of thiazole rings is 1. The van der Waals surface area contributed by atoms with E-state index in [-0.39, 0.29) is 17.3 Å². The lowest BCUT2D eigenvalue weighted by Gasteiger charge is -2.22. The van der Waals surface area contributed by atoms with Gasteiger partial charge in [0.25, 0.3) is 0 Å². The average Bonchev–Trinajstić information content (AvgIpc) is 3.16. The van der Waals surface area contributed by atoms with Crippen LogP contribution in [0, 0.1) is 32.1 Å². The minimum atomic E-state index is -0.353. The van der Waals surface area contributed by atoms with E-state index >= 15 is 0 Å². The van der Waals surface area contributed by atoms with Crippen LogP contribution in [0.25, 0.3) is 6.08 Å². The molecule has 0 aliphatic carbocycles. The summed E-state index contributed by atoms with van der Waals surface area (Å²) in [6.07, 6.45) is 1.47. The molecule has 0 radical (unpaired) electrons. The Morgan fingerprint density at radius 3 is 2.37 bits per heavy atom. The maximum absolute atomic E-state index is 12.7. The van der Waals surface area contributed by atoms with Gasteiger partial charge in [-0.05, 0) is 44.0 Å². The molecule has 5 nitrogen and oxygen atoms in total. The second-order valence-electron chi connectivity index (χ2n) is 7.02. The average molecular weight is 416 g/mol. The first kappa shape index (κ1) is 21.2. The second-order valence-corrected chi connectivity index (χ2v) is 7.85. The van der Waals surface area contributed by atoms with Crippen LogP contribution in [0.5, 0.6) is 0 Å². The van der Waals surface area contributed by atoms with Crippen molar-refractivity contribution in [3.8, 4) is 6.07 Å². The first-order chi connectivity index (χ1) is 14.3. The van der Waals surface area contributed by atoms with E-state index in [0.717, 1.165) is 22.4 Å². The number of ketones is 1. The number of nitriles is 1. The van der Waals surface area contributed by atoms with Gasteiger partial charge in [0.2, 0.25) is 11.7 Å². The minimum Gasteiger partial charge on any atom is -0.288 e. The summed E-state index contributed by atoms with van der Waals surface area (Å²) >= 11 is 1.29. The van der Waals surface area contributed by atoms with Crippen molar-refractivity contribution in [3.63, 3.8) is 0 Å². The molecule has 0 N–H and O–H groups in total. The molecule has 150 valence electrons. The van der Waals surface area contributed by atoms with E-state index in [9.17, 15) is 14.9 Å². The summed E-state index contributed by atoms with van der Waals surface area (Å²) in [5.41, 5.74) is 4.59. The summed E-state index contributed by atoms with van der Waals surface area (Å²) in [7, 11) is 0. The Morgan fingerprint density at radius 1 is 1.10 bits per heavy atom. The molecule has 0 atom stereocenters. The number of benzene rings is 2. The molecule has 0 aliphatic heterocycles. The predicted molar refractivity (Wildman–Crippen MR) is 120 cm³/mol. The number of rotatable bonds is 5. The molecule has 0 fully saturated rings. The Kier molecular flexibility index (Phi) is 6.24. The largest absolute Gasteiger partial charge is 0.288 e. The number of para-hydroxylation sites is 1. The number of carbonyl (C=O) groups excluding carboxylic acids is 2. The SMILES string of the molecule is CC(=O)N(c1nc(/C=C(\C#N)C(=O)c2cccc(C)c2)cs1)c1c(C)cccc1C. The molecule has 30 heavy (non-hydrogen) atoms. The van der Waals surface area contributed by atoms with Crippen LogP contribution >= 0.6 is 11.3 Å². The number of aromatic nitrogens is 1. The first-order valence-electron chi connectivity index (χ1n) is 9.37. The van der Waals surface area contributed by atoms with E-state index in [1.165, 1.54) is 24.3 Å². The lowest BCUT2D eigenvalue weighted by atomic mass is 10.0. The Bertz CT molecular complexity index is 1180. The van der Waals surface area contributed by atoms with E-state index in [1.54, 1.807) is 28.5 Å². The van der Waals surface area contributed by atoms with Crippen LogP contribution in [0.3, 0.4) is 0 Å². The highest BCUT2D eigenvalue weighted by atomic mass is 32.1. The molecule has 2 aromatic carbocycles. The number of carbonyl (C=O) groups is 2. The summed E-state index contributed by atoms with van der Waals surface area (Å²) in [6.45, 7) is 7.27. The van der Waals surface area contributed by atoms with Crippen LogP contribution in [-0.2, 0) is 4.79 Å². The Balaban J connectivity index is 1.98. The van der Waals surface area contributed by atoms with Crippen LogP contribution in [0.1, 0.15) is 39.7 Å². The summed E-state index contributed by atoms with van der Waals surface area (Å²) in [5, 5.41) is 11.7. The zero-order valence-corrected chi connectivity index (χ0v) is 18.1. The van der Waals surface area contributed by atoms with Crippen LogP contribution in [-0.4, -0.2) is 16.7 Å². The third-order valence-electron chi connectivity index (χ3n) is 4.62. The predicted octanol–water partition coefficient (Wildman–Crippen LogP) is 5.54. The quantitative estimate of drug-likeness (QED) is 0.311. The van der Waals surface area contributed by atoms with Crippen molar-refractivity contribution < 1.29 is 9.59 Å². The molecule has 0 unspecified atom stereocenters. The van der Waals surface area contributed by atoms with Gasteiger partial charge in [0, 0.05) is 17.9 Å². The Labute approximate surface area is 179 Å². The second kappa shape index (κ2) is 8.85. The van der Waals surface area contributed by atoms with Gasteiger partial charge < -0.3 is 0 Å². The van der Waals surface area contributed by atoms with E-state index in [0.29, 0.717) is 16.4 Å². The molecule has 0 saturated heterocycles. The van der Waals surface area contributed by atoms with Crippen molar-refractivity contribution in [2.24, 2.45) is 0 Å². The first-order valence-corrected chi connectivity index (χ1v) is 10.3. The van der Waals surface area contributed by atoms with Crippen molar-refractivity contribution in [1.29, 1.82) is 5.26 Å². The van der Waals surface area contributed by atoms with Gasteiger partial charge in [0.05, 0.1) is 11.4 Å². The molecule has 0 bridgehead atoms. The zero-order chi connectivity index (χ0) is 21.8. The number of amides is 1. The van der Waals surface area contributed by atoms with E-state index in [2.05, 4.69) is 4.98 Å². The van der Waals surface area contributed by atoms with Gasteiger partial charge in [0.15, 0.2) is 5.13 Å². The van der Waals surface area contributed by atoms with Crippen molar-refractivity contribution >= 4 is 39.9 Å². The molecular weight excluding hydrogens is 394 g/mol. The minimum absolute atomic E-state index is 0.00102. The maximum atomic E-state index is 12.7. The van der Waals surface area contributed by atoms with Gasteiger partial charge >= 0.3 is 0 Å². The van der Waals surface area contributed by atoms with Crippen LogP contribution in [0.15, 0.2) is 53.4 Å². The van der Waals surface area contributed by atoms with E-state index in [1.807, 2.05) is 51.1 Å². The van der Waals surface area contributed by atoms with Crippen molar-refractivity contribution in [3.05, 3.63) is 81.4 Å². The number of allylic oxidation sites excluding steroid dienone is 1. The highest BCUT2D eigenvalue weighted by molar-refractivity contribution is 7.14. The molecule has 3 aromatic rings. The molecule has 1 amide bonds. The molecule has 0 aliphatic rings. The zero-order valence-electron chi connectivity index (χ0n) is 17.3. The lowest BCUT2D eigenvalue weighted by molar-refractivity contribution is -0.115. The van der Waals surface area contributed by atoms with Crippen LogP contribution in [0.4, 0.5) is 10.8 Å². The fourth-order valence-corrected chi connectivity index (χ4v) is 4.06. The van der Waals surface area contributed by atoms with Gasteiger partial charge in [-0.25, -0.2) is 4.98 Å². The van der Waals surface area contributed by atoms with Gasteiger partial charge in [0.1, 0.15) is 11.6 Å². The summed E-state index contributed by atoms with van der Waals surface area (Å²) in [6, 6.07) is 14.9. The van der Waals surface area contributed by atoms with E-state index in [4.69, 9.17) is 0 Å². The van der Waals surface area contributed by atoms with Crippen molar-refractivity contribution in [1.82, 2.24) is 4.98 Å². The third kappa shape index (κ3) is 4.37. The fourth-order valence-electron chi connectivity index (χ4n) is 3.23. The summed E-state index contributed by atoms with van der Waals surface area (Å²) in [5.74, 6) is -0.512. The highest BCUT2D eigenvalue weighted by Crippen LogP contribution is 2.34. The molecular formula is C24H21N3O2S. The van der Waals surface area contributed by atoms with Gasteiger partial charge in [-0.1, -0.05) is 42.0 Å². The number of nitrogens with zero attached hydrogens (tertiary/aromatic N) is 3. The Hall–Kier alpha value is -3.56. The monoisotopic (exact) mass is 415 g/mol. The molecule has 6 heteroatoms. The summed E-state index contributed by atoms with van der Waals surface area (Å²) in [4.78, 5) is 31.2. The maximum Gasteiger partial charge on any atom is 0.230 e. The number of aryl methyl sites for hydroxylation is 3. The number of anilines is 2. The number of hydrogen-bond donors (Lipinski definition) is 0. The molecule has 1 heterocycles. The number of hydrogen-bond acceptors (Lipinski definition) is 5. The third-order valence-corrected chi connectivity index (χ3v) is 5.46. The molecule has 1 aromatic heterocycles. The lowest BCUT2D eigenvalue weighted by Crippen LogP contribution is -2.24. The molecule has 3 rings (SSSR count). The van der Waals surface area contributed by atoms with Gasteiger partial charge in [-0.2, -0.15) is 5.26 Å². The Morgan fingerprint density at radius 2 is 1.77 bits per heavy atom. The van der Waals surface area contributed by atoms with Gasteiger partial charge in [-0.15, -0.1) is 11.3 Å². The number of Topliss-reactive ketones (excluding diaryl/α,β-unsaturated/α-hetero) is 1. The van der Waals surface area contributed by atoms with Crippen molar-refractivity contribution in [2.45, 2.75) is 27.7 Å². The summed E-state index contributed by atoms with van der Waals surface area (Å²) < 4.78 is 0. The normalized spacial score (nSPS) is 11.1. The molecule has 0 spiro atoms. The van der Waals surface area contributed by atoms with Crippen LogP contribution in [0.2, 0.25) is 0 Å². The van der Waals surface area contributed by atoms with Crippen LogP contribution < -0.4 is 4.90 Å². The molecule has 0 saturated carbocycles.